The van der Waals surface area contributed by atoms with Gasteiger partial charge in [0.15, 0.2) is 5.82 Å². The Balaban J connectivity index is 1.20. The highest BCUT2D eigenvalue weighted by Crippen LogP contribution is 2.36. The van der Waals surface area contributed by atoms with Crippen LogP contribution >= 0.6 is 0 Å². The summed E-state index contributed by atoms with van der Waals surface area (Å²) in [5.41, 5.74) is 3.66. The molecule has 3 aromatic rings. The number of likely N-dealkylation sites (N-methyl/N-ethyl adjacent to an activating group) is 1. The fraction of sp³-hybridized carbons (Fsp3) is 0.412. The molecule has 2 aromatic carbocycles. The molecule has 11 nitrogen and oxygen atoms in total. The van der Waals surface area contributed by atoms with E-state index in [2.05, 4.69) is 44.4 Å². The van der Waals surface area contributed by atoms with Crippen molar-refractivity contribution in [1.82, 2.24) is 14.8 Å². The topological polar surface area (TPSA) is 108 Å². The summed E-state index contributed by atoms with van der Waals surface area (Å²) in [7, 11) is 1.69. The van der Waals surface area contributed by atoms with Gasteiger partial charge in [-0.1, -0.05) is 24.3 Å². The van der Waals surface area contributed by atoms with Gasteiger partial charge in [0.2, 0.25) is 11.8 Å². The highest BCUT2D eigenvalue weighted by Gasteiger charge is 2.30. The van der Waals surface area contributed by atoms with Gasteiger partial charge in [0, 0.05) is 77.6 Å². The van der Waals surface area contributed by atoms with Gasteiger partial charge in [0.1, 0.15) is 0 Å². The highest BCUT2D eigenvalue weighted by atomic mass is 16.5. The van der Waals surface area contributed by atoms with E-state index in [1.54, 1.807) is 54.6 Å². The molecule has 1 fully saturated rings. The van der Waals surface area contributed by atoms with Gasteiger partial charge >= 0.3 is 0 Å². The van der Waals surface area contributed by atoms with Crippen LogP contribution in [0.3, 0.4) is 0 Å². The summed E-state index contributed by atoms with van der Waals surface area (Å²) in [5, 5.41) is 2.84. The number of benzene rings is 2. The Kier molecular flexibility index (Phi) is 11.1. The van der Waals surface area contributed by atoms with Crippen molar-refractivity contribution < 1.29 is 23.9 Å². The second kappa shape index (κ2) is 15.6. The molecule has 2 aliphatic heterocycles. The van der Waals surface area contributed by atoms with E-state index in [4.69, 9.17) is 9.47 Å². The van der Waals surface area contributed by atoms with E-state index >= 15 is 0 Å². The van der Waals surface area contributed by atoms with Crippen LogP contribution in [-0.2, 0) is 25.6 Å². The summed E-state index contributed by atoms with van der Waals surface area (Å²) in [4.78, 5) is 52.1. The molecule has 5 rings (SSSR count). The fourth-order valence-electron chi connectivity index (χ4n) is 5.68. The number of nitrogens with zero attached hydrogens (tertiary/aromatic N) is 5. The van der Waals surface area contributed by atoms with Crippen LogP contribution in [0.2, 0.25) is 0 Å². The minimum atomic E-state index is -0.311. The van der Waals surface area contributed by atoms with Crippen molar-refractivity contribution in [3.05, 3.63) is 78.0 Å². The van der Waals surface area contributed by atoms with Crippen LogP contribution in [-0.4, -0.2) is 98.7 Å². The lowest BCUT2D eigenvalue weighted by Gasteiger charge is -2.29. The van der Waals surface area contributed by atoms with E-state index in [1.165, 1.54) is 16.2 Å². The van der Waals surface area contributed by atoms with Crippen molar-refractivity contribution in [3.8, 4) is 0 Å². The standard InChI is InChI=1S/C34H42N6O5/c1-3-38(18-17-37(19-22-44-2)25-26-10-12-27(13-11-26)39-20-23-45-24-21-39)31(41)14-15-32(42)40-30-9-5-4-7-28(30)34(43)36-29-8-6-16-35-33(29)40/h4-13,16H,3,14-15,17-25H2,1-2H3,(H,36,43). The number of carbonyl (C=O) groups excluding carboxylic acids is 3. The predicted molar refractivity (Wildman–Crippen MR) is 174 cm³/mol. The van der Waals surface area contributed by atoms with Crippen LogP contribution in [0.4, 0.5) is 22.9 Å². The maximum absolute atomic E-state index is 13.7. The van der Waals surface area contributed by atoms with Gasteiger partial charge in [0.25, 0.3) is 5.91 Å². The van der Waals surface area contributed by atoms with Crippen LogP contribution in [0, 0.1) is 0 Å². The third-order valence-electron chi connectivity index (χ3n) is 8.19. The Hall–Kier alpha value is -4.32. The van der Waals surface area contributed by atoms with Crippen LogP contribution in [0.15, 0.2) is 66.9 Å². The number of fused-ring (bicyclic) bond motifs is 2. The van der Waals surface area contributed by atoms with E-state index in [9.17, 15) is 14.4 Å². The first kappa shape index (κ1) is 32.1. The SMILES string of the molecule is CCN(CCN(CCOC)Cc1ccc(N2CCOCC2)cc1)C(=O)CCC(=O)N1c2ccccc2C(=O)Nc2cccnc21. The Bertz CT molecular complexity index is 1460. The van der Waals surface area contributed by atoms with E-state index in [0.29, 0.717) is 49.0 Å². The van der Waals surface area contributed by atoms with Gasteiger partial charge < -0.3 is 24.6 Å². The number of aromatic nitrogens is 1. The van der Waals surface area contributed by atoms with Crippen molar-refractivity contribution >= 4 is 40.6 Å². The van der Waals surface area contributed by atoms with Crippen LogP contribution < -0.4 is 15.1 Å². The van der Waals surface area contributed by atoms with Gasteiger partial charge in [-0.05, 0) is 48.9 Å². The average Bonchev–Trinajstić information content (AvgIpc) is 3.20. The number of pyridine rings is 1. The molecule has 0 radical (unpaired) electrons. The second-order valence-electron chi connectivity index (χ2n) is 11.1. The molecule has 238 valence electrons. The van der Waals surface area contributed by atoms with E-state index in [0.717, 1.165) is 39.4 Å². The van der Waals surface area contributed by atoms with Crippen molar-refractivity contribution in [2.75, 3.05) is 81.3 Å². The number of amides is 3. The smallest absolute Gasteiger partial charge is 0.257 e. The van der Waals surface area contributed by atoms with Gasteiger partial charge in [-0.3, -0.25) is 24.2 Å². The lowest BCUT2D eigenvalue weighted by molar-refractivity contribution is -0.133. The molecule has 1 aromatic heterocycles. The molecular formula is C34H42N6O5. The number of ether oxygens (including phenoxy) is 2. The molecular weight excluding hydrogens is 572 g/mol. The first-order valence-corrected chi connectivity index (χ1v) is 15.6. The number of para-hydroxylation sites is 1. The van der Waals surface area contributed by atoms with Gasteiger partial charge in [-0.2, -0.15) is 0 Å². The highest BCUT2D eigenvalue weighted by molar-refractivity contribution is 6.17. The van der Waals surface area contributed by atoms with Crippen molar-refractivity contribution in [2.45, 2.75) is 26.3 Å². The fourth-order valence-corrected chi connectivity index (χ4v) is 5.68. The third-order valence-corrected chi connectivity index (χ3v) is 8.19. The molecule has 0 bridgehead atoms. The molecule has 0 aliphatic carbocycles. The zero-order chi connectivity index (χ0) is 31.6. The maximum Gasteiger partial charge on any atom is 0.257 e. The first-order chi connectivity index (χ1) is 22.0. The van der Waals surface area contributed by atoms with E-state index < -0.39 is 0 Å². The number of nitrogens with one attached hydrogen (secondary N) is 1. The van der Waals surface area contributed by atoms with E-state index in [1.807, 2.05) is 6.92 Å². The van der Waals surface area contributed by atoms with Crippen molar-refractivity contribution in [3.63, 3.8) is 0 Å². The summed E-state index contributed by atoms with van der Waals surface area (Å²) < 4.78 is 10.8. The number of rotatable bonds is 13. The number of anilines is 4. The van der Waals surface area contributed by atoms with Crippen LogP contribution in [0.25, 0.3) is 0 Å². The summed E-state index contributed by atoms with van der Waals surface area (Å²) in [6, 6.07) is 19.0. The van der Waals surface area contributed by atoms with Crippen LogP contribution in [0.1, 0.15) is 35.7 Å². The Morgan fingerprint density at radius 3 is 2.51 bits per heavy atom. The number of morpholine rings is 1. The zero-order valence-electron chi connectivity index (χ0n) is 26.1. The molecule has 3 amide bonds. The molecule has 3 heterocycles. The Labute approximate surface area is 264 Å². The molecule has 0 atom stereocenters. The summed E-state index contributed by atoms with van der Waals surface area (Å²) in [6.07, 6.45) is 1.61. The predicted octanol–water partition coefficient (Wildman–Crippen LogP) is 3.93. The third kappa shape index (κ3) is 8.05. The van der Waals surface area contributed by atoms with Gasteiger partial charge in [0.05, 0.1) is 36.8 Å². The summed E-state index contributed by atoms with van der Waals surface area (Å²) in [5.74, 6) is -0.363. The molecule has 11 heteroatoms. The first-order valence-electron chi connectivity index (χ1n) is 15.6. The van der Waals surface area contributed by atoms with Crippen molar-refractivity contribution in [1.29, 1.82) is 0 Å². The minimum Gasteiger partial charge on any atom is -0.383 e. The zero-order valence-corrected chi connectivity index (χ0v) is 26.1. The second-order valence-corrected chi connectivity index (χ2v) is 11.1. The normalized spacial score (nSPS) is 14.4. The molecule has 1 saturated heterocycles. The average molecular weight is 615 g/mol. The summed E-state index contributed by atoms with van der Waals surface area (Å²) in [6.45, 7) is 9.07. The molecule has 2 aliphatic rings. The number of hydrogen-bond acceptors (Lipinski definition) is 8. The number of hydrogen-bond donors (Lipinski definition) is 1. The van der Waals surface area contributed by atoms with Gasteiger partial charge in [-0.25, -0.2) is 4.98 Å². The molecule has 45 heavy (non-hydrogen) atoms. The Morgan fingerprint density at radius 2 is 1.76 bits per heavy atom. The summed E-state index contributed by atoms with van der Waals surface area (Å²) >= 11 is 0. The van der Waals surface area contributed by atoms with Gasteiger partial charge in [-0.15, -0.1) is 0 Å². The van der Waals surface area contributed by atoms with E-state index in [-0.39, 0.29) is 30.6 Å². The maximum atomic E-state index is 13.7. The lowest BCUT2D eigenvalue weighted by Crippen LogP contribution is -2.40. The number of carbonyl (C=O) groups is 3. The molecule has 0 saturated carbocycles. The lowest BCUT2D eigenvalue weighted by atomic mass is 10.1. The minimum absolute atomic E-state index is 0.0171. The van der Waals surface area contributed by atoms with Crippen LogP contribution in [0.5, 0.6) is 0 Å². The molecule has 0 spiro atoms. The van der Waals surface area contributed by atoms with Crippen molar-refractivity contribution in [2.24, 2.45) is 0 Å². The molecule has 0 unspecified atom stereocenters. The monoisotopic (exact) mass is 614 g/mol. The molecule has 1 N–H and O–H groups in total. The Morgan fingerprint density at radius 1 is 0.978 bits per heavy atom. The number of methoxy groups -OCH3 is 1. The largest absolute Gasteiger partial charge is 0.383 e. The quantitative estimate of drug-likeness (QED) is 0.309.